The van der Waals surface area contributed by atoms with E-state index in [-0.39, 0.29) is 11.5 Å². The molecular weight excluding hydrogens is 347 g/mol. The Hall–Kier alpha value is -3.33. The van der Waals surface area contributed by atoms with Crippen LogP contribution in [-0.4, -0.2) is 33.6 Å². The molecule has 0 atom stereocenters. The number of non-ortho nitro benzene ring substituents is 1. The molecule has 0 spiro atoms. The Morgan fingerprint density at radius 3 is 1.92 bits per heavy atom. The zero-order chi connectivity index (χ0) is 19.5. The van der Waals surface area contributed by atoms with Crippen LogP contribution in [0.2, 0.25) is 0 Å². The maximum atomic E-state index is 12.7. The van der Waals surface area contributed by atoms with Crippen LogP contribution in [0, 0.1) is 15.9 Å². The number of hydrogen-bond acceptors (Lipinski definition) is 5. The Bertz CT molecular complexity index is 735. The lowest BCUT2D eigenvalue weighted by molar-refractivity contribution is -0.384. The lowest BCUT2D eigenvalue weighted by atomic mass is 10.1. The first kappa shape index (κ1) is 20.7. The van der Waals surface area contributed by atoms with Crippen LogP contribution < -0.4 is 5.32 Å². The second-order valence-electron chi connectivity index (χ2n) is 5.09. The van der Waals surface area contributed by atoms with Crippen molar-refractivity contribution < 1.29 is 29.1 Å². The Labute approximate surface area is 148 Å². The molecule has 3 N–H and O–H groups in total. The van der Waals surface area contributed by atoms with Crippen molar-refractivity contribution in [1.82, 2.24) is 5.32 Å². The van der Waals surface area contributed by atoms with Gasteiger partial charge < -0.3 is 15.5 Å². The SMILES string of the molecule is O=C(O)C(=O)O.O=[N+]([O-])c1ccc(CNCCc2ccc(F)cc2)cc1. The number of nitrogens with one attached hydrogen (secondary N) is 1. The third kappa shape index (κ3) is 7.97. The molecule has 0 saturated heterocycles. The van der Waals surface area contributed by atoms with E-state index in [4.69, 9.17) is 19.8 Å². The molecule has 0 bridgehead atoms. The number of carboxylic acids is 2. The van der Waals surface area contributed by atoms with Gasteiger partial charge in [0.05, 0.1) is 4.92 Å². The topological polar surface area (TPSA) is 130 Å². The fourth-order valence-electron chi connectivity index (χ4n) is 1.85. The number of nitrogens with zero attached hydrogens (tertiary/aromatic N) is 1. The van der Waals surface area contributed by atoms with E-state index in [1.54, 1.807) is 24.3 Å². The highest BCUT2D eigenvalue weighted by Gasteiger charge is 2.04. The van der Waals surface area contributed by atoms with Gasteiger partial charge in [-0.1, -0.05) is 24.3 Å². The number of aliphatic carboxylic acids is 2. The summed E-state index contributed by atoms with van der Waals surface area (Å²) in [5, 5.41) is 28.5. The highest BCUT2D eigenvalue weighted by atomic mass is 19.1. The normalized spacial score (nSPS) is 9.73. The van der Waals surface area contributed by atoms with Crippen molar-refractivity contribution in [3.63, 3.8) is 0 Å². The van der Waals surface area contributed by atoms with E-state index in [2.05, 4.69) is 5.32 Å². The number of nitro benzene ring substituents is 1. The molecule has 0 unspecified atom stereocenters. The van der Waals surface area contributed by atoms with E-state index in [1.807, 2.05) is 0 Å². The quantitative estimate of drug-likeness (QED) is 0.310. The Balaban J connectivity index is 0.000000487. The average Bonchev–Trinajstić information content (AvgIpc) is 2.61. The van der Waals surface area contributed by atoms with E-state index in [0.29, 0.717) is 6.54 Å². The van der Waals surface area contributed by atoms with Crippen molar-refractivity contribution in [2.24, 2.45) is 0 Å². The molecule has 8 nitrogen and oxygen atoms in total. The molecule has 0 aliphatic carbocycles. The fraction of sp³-hybridized carbons (Fsp3) is 0.176. The van der Waals surface area contributed by atoms with Gasteiger partial charge >= 0.3 is 11.9 Å². The summed E-state index contributed by atoms with van der Waals surface area (Å²) in [4.78, 5) is 28.3. The Morgan fingerprint density at radius 2 is 1.46 bits per heavy atom. The zero-order valence-corrected chi connectivity index (χ0v) is 13.6. The molecule has 0 radical (unpaired) electrons. The van der Waals surface area contributed by atoms with Gasteiger partial charge in [0.25, 0.3) is 5.69 Å². The zero-order valence-electron chi connectivity index (χ0n) is 13.6. The molecule has 9 heteroatoms. The molecule has 0 saturated carbocycles. The lowest BCUT2D eigenvalue weighted by Crippen LogP contribution is -2.16. The minimum absolute atomic E-state index is 0.0973. The van der Waals surface area contributed by atoms with Crippen LogP contribution in [0.5, 0.6) is 0 Å². The molecule has 2 aromatic rings. The van der Waals surface area contributed by atoms with Gasteiger partial charge in [0.15, 0.2) is 0 Å². The van der Waals surface area contributed by atoms with Crippen LogP contribution in [0.15, 0.2) is 48.5 Å². The van der Waals surface area contributed by atoms with Gasteiger partial charge in [0.2, 0.25) is 0 Å². The number of hydrogen-bond donors (Lipinski definition) is 3. The number of carbonyl (C=O) groups is 2. The van der Waals surface area contributed by atoms with Crippen molar-refractivity contribution in [2.45, 2.75) is 13.0 Å². The van der Waals surface area contributed by atoms with Crippen LogP contribution in [0.4, 0.5) is 10.1 Å². The van der Waals surface area contributed by atoms with Gasteiger partial charge in [0, 0.05) is 18.7 Å². The predicted molar refractivity (Wildman–Crippen MR) is 90.2 cm³/mol. The third-order valence-corrected chi connectivity index (χ3v) is 3.16. The summed E-state index contributed by atoms with van der Waals surface area (Å²) in [7, 11) is 0. The molecule has 2 rings (SSSR count). The van der Waals surface area contributed by atoms with Gasteiger partial charge in [-0.25, -0.2) is 14.0 Å². The molecule has 0 aliphatic heterocycles. The van der Waals surface area contributed by atoms with Gasteiger partial charge in [-0.3, -0.25) is 10.1 Å². The molecule has 0 heterocycles. The second kappa shape index (κ2) is 10.5. The standard InChI is InChI=1S/C15H15FN2O2.C2H2O4/c16-14-5-1-12(2-6-14)9-10-17-11-13-3-7-15(8-4-13)18(19)20;3-1(4)2(5)6/h1-8,17H,9-11H2;(H,3,4)(H,5,6). The van der Waals surface area contributed by atoms with Crippen molar-refractivity contribution in [1.29, 1.82) is 0 Å². The van der Waals surface area contributed by atoms with Gasteiger partial charge in [0.1, 0.15) is 5.82 Å². The van der Waals surface area contributed by atoms with Crippen molar-refractivity contribution in [3.05, 3.63) is 75.6 Å². The molecule has 138 valence electrons. The number of nitro groups is 1. The van der Waals surface area contributed by atoms with E-state index in [1.165, 1.54) is 24.3 Å². The van der Waals surface area contributed by atoms with Crippen LogP contribution >= 0.6 is 0 Å². The fourth-order valence-corrected chi connectivity index (χ4v) is 1.85. The third-order valence-electron chi connectivity index (χ3n) is 3.16. The monoisotopic (exact) mass is 364 g/mol. The first-order valence-electron chi connectivity index (χ1n) is 7.44. The maximum absolute atomic E-state index is 12.7. The molecule has 0 aliphatic rings. The van der Waals surface area contributed by atoms with Gasteiger partial charge in [-0.2, -0.15) is 0 Å². The van der Waals surface area contributed by atoms with Crippen LogP contribution in [-0.2, 0) is 22.6 Å². The Kier molecular flexibility index (Phi) is 8.38. The Morgan fingerprint density at radius 1 is 0.962 bits per heavy atom. The summed E-state index contributed by atoms with van der Waals surface area (Å²) in [6.45, 7) is 1.42. The molecule has 0 amide bonds. The minimum Gasteiger partial charge on any atom is -0.473 e. The molecular formula is C17H17FN2O6. The maximum Gasteiger partial charge on any atom is 0.414 e. The van der Waals surface area contributed by atoms with Crippen molar-refractivity contribution in [2.75, 3.05) is 6.54 Å². The van der Waals surface area contributed by atoms with E-state index in [9.17, 15) is 14.5 Å². The predicted octanol–water partition coefficient (Wildman–Crippen LogP) is 2.22. The van der Waals surface area contributed by atoms with Crippen molar-refractivity contribution in [3.8, 4) is 0 Å². The highest BCUT2D eigenvalue weighted by molar-refractivity contribution is 6.27. The first-order chi connectivity index (χ1) is 12.3. The van der Waals surface area contributed by atoms with Crippen LogP contribution in [0.1, 0.15) is 11.1 Å². The van der Waals surface area contributed by atoms with Gasteiger partial charge in [-0.05, 0) is 36.2 Å². The number of carboxylic acid groups (broad SMARTS) is 2. The summed E-state index contributed by atoms with van der Waals surface area (Å²) >= 11 is 0. The largest absolute Gasteiger partial charge is 0.473 e. The molecule has 0 aromatic heterocycles. The van der Waals surface area contributed by atoms with E-state index in [0.717, 1.165) is 24.1 Å². The molecule has 26 heavy (non-hydrogen) atoms. The number of rotatable bonds is 6. The van der Waals surface area contributed by atoms with Crippen LogP contribution in [0.25, 0.3) is 0 Å². The van der Waals surface area contributed by atoms with E-state index >= 15 is 0 Å². The second-order valence-corrected chi connectivity index (χ2v) is 5.09. The summed E-state index contributed by atoms with van der Waals surface area (Å²) < 4.78 is 12.7. The minimum atomic E-state index is -1.82. The van der Waals surface area contributed by atoms with Gasteiger partial charge in [-0.15, -0.1) is 0 Å². The summed E-state index contributed by atoms with van der Waals surface area (Å²) in [6, 6.07) is 12.9. The molecule has 2 aromatic carbocycles. The smallest absolute Gasteiger partial charge is 0.414 e. The lowest BCUT2D eigenvalue weighted by Gasteiger charge is -2.05. The van der Waals surface area contributed by atoms with Crippen molar-refractivity contribution >= 4 is 17.6 Å². The summed E-state index contributed by atoms with van der Waals surface area (Å²) in [5.41, 5.74) is 2.16. The van der Waals surface area contributed by atoms with E-state index < -0.39 is 16.9 Å². The molecule has 0 fully saturated rings. The summed E-state index contributed by atoms with van der Waals surface area (Å²) in [6.07, 6.45) is 0.813. The summed E-state index contributed by atoms with van der Waals surface area (Å²) in [5.74, 6) is -3.88. The highest BCUT2D eigenvalue weighted by Crippen LogP contribution is 2.11. The number of benzene rings is 2. The number of halogens is 1. The average molecular weight is 364 g/mol. The van der Waals surface area contributed by atoms with Crippen LogP contribution in [0.3, 0.4) is 0 Å². The first-order valence-corrected chi connectivity index (χ1v) is 7.44.